The van der Waals surface area contributed by atoms with Crippen molar-refractivity contribution >= 4 is 59.4 Å². The number of hydrogen-bond acceptors (Lipinski definition) is 12. The highest BCUT2D eigenvalue weighted by atomic mass is 16.5. The van der Waals surface area contributed by atoms with Crippen LogP contribution in [0.1, 0.15) is 59.3 Å². The van der Waals surface area contributed by atoms with E-state index in [2.05, 4.69) is 31.6 Å². The summed E-state index contributed by atoms with van der Waals surface area (Å²) in [6, 6.07) is -4.19. The summed E-state index contributed by atoms with van der Waals surface area (Å²) in [6.45, 7) is 1.33. The molecule has 1 aliphatic heterocycles. The number of carbonyl (C=O) groups is 9. The minimum Gasteiger partial charge on any atom is -0.345 e. The van der Waals surface area contributed by atoms with Crippen molar-refractivity contribution in [2.45, 2.75) is 77.4 Å². The molecule has 0 spiro atoms. The van der Waals surface area contributed by atoms with Crippen LogP contribution in [0.4, 0.5) is 0 Å². The average Bonchev–Trinajstić information content (AvgIpc) is 3.02. The van der Waals surface area contributed by atoms with Crippen molar-refractivity contribution in [3.05, 3.63) is 0 Å². The van der Waals surface area contributed by atoms with Gasteiger partial charge in [0.15, 0.2) is 0 Å². The molecule has 21 nitrogen and oxygen atoms in total. The normalized spacial score (nSPS) is 19.8. The van der Waals surface area contributed by atoms with Crippen LogP contribution in [0.2, 0.25) is 0 Å². The molecule has 21 heteroatoms. The van der Waals surface area contributed by atoms with Crippen LogP contribution < -0.4 is 26.6 Å². The van der Waals surface area contributed by atoms with Crippen molar-refractivity contribution in [3.63, 3.8) is 0 Å². The number of hydrogen-bond donors (Lipinski definition) is 8. The van der Waals surface area contributed by atoms with Gasteiger partial charge in [0.05, 0.1) is 19.3 Å². The molecule has 48 heavy (non-hydrogen) atoms. The second-order valence-corrected chi connectivity index (χ2v) is 10.7. The van der Waals surface area contributed by atoms with E-state index in [4.69, 9.17) is 0 Å². The standard InChI is InChI=1S/C27H43N9O12/c1-16(37)34(46)10-4-7-19-25(43)30-14-23(41)28-13-22(40)29-15-24(42)31-20(8-5-11-35(47)17(2)38)26(44)33-21(27(45)32-19)9-6-12-36(48)18(3)39/h15,19-21,46-48H,4-14H2,1-3H3,(H,28,41)(H,30,43)(H,31,42)(H,32,45)(H,33,44)/t19-,20-,21-/m0/s1. The fourth-order valence-corrected chi connectivity index (χ4v) is 4.07. The molecule has 0 aliphatic carbocycles. The van der Waals surface area contributed by atoms with Gasteiger partial charge in [0.25, 0.3) is 11.8 Å². The molecule has 0 bridgehead atoms. The first-order valence-electron chi connectivity index (χ1n) is 14.9. The van der Waals surface area contributed by atoms with E-state index in [0.29, 0.717) is 21.4 Å². The SMILES string of the molecule is CC(=O)N(O)CCC[C@@H]1NC(=O)C=NC(=O)CNC(=O)CNC(=O)[C@H](CCCN(O)C(C)=O)NC(=O)[C@H](CCCN(O)C(C)=O)NC1=O. The van der Waals surface area contributed by atoms with Crippen molar-refractivity contribution < 1.29 is 58.8 Å². The Morgan fingerprint density at radius 1 is 0.646 bits per heavy atom. The summed E-state index contributed by atoms with van der Waals surface area (Å²) in [5.41, 5.74) is 0. The summed E-state index contributed by atoms with van der Waals surface area (Å²) < 4.78 is 0. The highest BCUT2D eigenvalue weighted by Crippen LogP contribution is 2.07. The van der Waals surface area contributed by atoms with Crippen LogP contribution in [0.3, 0.4) is 0 Å². The summed E-state index contributed by atoms with van der Waals surface area (Å²) in [6.07, 6.45) is -0.0134. The van der Waals surface area contributed by atoms with Crippen LogP contribution in [-0.4, -0.2) is 141 Å². The van der Waals surface area contributed by atoms with Crippen LogP contribution >= 0.6 is 0 Å². The number of nitrogens with one attached hydrogen (secondary N) is 5. The van der Waals surface area contributed by atoms with Crippen LogP contribution in [0.5, 0.6) is 0 Å². The van der Waals surface area contributed by atoms with Gasteiger partial charge in [-0.2, -0.15) is 0 Å². The van der Waals surface area contributed by atoms with Gasteiger partial charge in [0, 0.05) is 40.4 Å². The van der Waals surface area contributed by atoms with Crippen LogP contribution in [0.25, 0.3) is 0 Å². The van der Waals surface area contributed by atoms with E-state index in [-0.39, 0.29) is 58.2 Å². The lowest BCUT2D eigenvalue weighted by Gasteiger charge is -2.26. The molecule has 1 heterocycles. The molecule has 0 saturated heterocycles. The Balaban J connectivity index is 3.40. The molecular formula is C27H43N9O12. The highest BCUT2D eigenvalue weighted by molar-refractivity contribution is 6.28. The van der Waals surface area contributed by atoms with E-state index in [9.17, 15) is 58.8 Å². The zero-order valence-corrected chi connectivity index (χ0v) is 26.9. The number of carbonyl (C=O) groups excluding carboxylic acids is 9. The smallest absolute Gasteiger partial charge is 0.265 e. The topological polar surface area (TPSA) is 297 Å². The van der Waals surface area contributed by atoms with Gasteiger partial charge in [-0.1, -0.05) is 0 Å². The third-order valence-corrected chi connectivity index (χ3v) is 6.76. The van der Waals surface area contributed by atoms with Crippen molar-refractivity contribution in [2.75, 3.05) is 32.7 Å². The molecule has 0 radical (unpaired) electrons. The fourth-order valence-electron chi connectivity index (χ4n) is 4.07. The van der Waals surface area contributed by atoms with Gasteiger partial charge in [-0.05, 0) is 38.5 Å². The van der Waals surface area contributed by atoms with Gasteiger partial charge in [-0.15, -0.1) is 0 Å². The second-order valence-electron chi connectivity index (χ2n) is 10.7. The summed E-state index contributed by atoms with van der Waals surface area (Å²) in [7, 11) is 0. The first kappa shape index (κ1) is 41.0. The molecule has 9 amide bonds. The predicted octanol–water partition coefficient (Wildman–Crippen LogP) is -3.66. The quantitative estimate of drug-likeness (QED) is 0.0729. The Morgan fingerprint density at radius 2 is 1.04 bits per heavy atom. The lowest BCUT2D eigenvalue weighted by molar-refractivity contribution is -0.163. The minimum atomic E-state index is -1.43. The van der Waals surface area contributed by atoms with Crippen LogP contribution in [-0.2, 0) is 43.2 Å². The molecular weight excluding hydrogens is 642 g/mol. The molecule has 0 unspecified atom stereocenters. The first-order chi connectivity index (χ1) is 22.5. The summed E-state index contributed by atoms with van der Waals surface area (Å²) in [5.74, 6) is -7.50. The second kappa shape index (κ2) is 21.0. The van der Waals surface area contributed by atoms with E-state index >= 15 is 0 Å². The van der Waals surface area contributed by atoms with Gasteiger partial charge < -0.3 is 26.6 Å². The zero-order valence-electron chi connectivity index (χ0n) is 26.9. The number of hydroxylamine groups is 6. The number of rotatable bonds is 12. The Hall–Kier alpha value is -5.02. The number of aliphatic imine (C=N–C) groups is 1. The van der Waals surface area contributed by atoms with Crippen molar-refractivity contribution in [3.8, 4) is 0 Å². The fraction of sp³-hybridized carbons (Fsp3) is 0.630. The van der Waals surface area contributed by atoms with E-state index in [1.807, 2.05) is 0 Å². The lowest BCUT2D eigenvalue weighted by atomic mass is 10.1. The molecule has 0 aromatic heterocycles. The molecule has 3 atom stereocenters. The van der Waals surface area contributed by atoms with E-state index in [0.717, 1.165) is 20.8 Å². The Kier molecular flexibility index (Phi) is 17.9. The largest absolute Gasteiger partial charge is 0.345 e. The van der Waals surface area contributed by atoms with E-state index < -0.39 is 84.4 Å². The van der Waals surface area contributed by atoms with Gasteiger partial charge >= 0.3 is 0 Å². The number of amides is 9. The first-order valence-corrected chi connectivity index (χ1v) is 14.9. The maximum absolute atomic E-state index is 13.5. The Morgan fingerprint density at radius 3 is 1.46 bits per heavy atom. The van der Waals surface area contributed by atoms with Gasteiger partial charge in [0.2, 0.25) is 41.4 Å². The maximum atomic E-state index is 13.5. The third kappa shape index (κ3) is 16.0. The van der Waals surface area contributed by atoms with Crippen molar-refractivity contribution in [1.82, 2.24) is 41.8 Å². The molecule has 0 fully saturated rings. The zero-order chi connectivity index (χ0) is 36.4. The van der Waals surface area contributed by atoms with E-state index in [1.54, 1.807) is 0 Å². The van der Waals surface area contributed by atoms with Gasteiger partial charge in [-0.3, -0.25) is 58.8 Å². The third-order valence-electron chi connectivity index (χ3n) is 6.76. The maximum Gasteiger partial charge on any atom is 0.265 e. The Bertz CT molecular complexity index is 1240. The molecule has 0 saturated carbocycles. The Labute approximate surface area is 275 Å². The van der Waals surface area contributed by atoms with E-state index in [1.165, 1.54) is 0 Å². The highest BCUT2D eigenvalue weighted by Gasteiger charge is 2.30. The molecule has 1 aliphatic rings. The lowest BCUT2D eigenvalue weighted by Crippen LogP contribution is -2.57. The van der Waals surface area contributed by atoms with Gasteiger partial charge in [-0.25, -0.2) is 20.2 Å². The minimum absolute atomic E-state index is 0.00149. The van der Waals surface area contributed by atoms with Gasteiger partial charge in [0.1, 0.15) is 18.1 Å². The molecule has 268 valence electrons. The molecule has 0 aromatic rings. The molecule has 0 aromatic carbocycles. The molecule has 8 N–H and O–H groups in total. The molecule has 1 rings (SSSR count). The van der Waals surface area contributed by atoms with Crippen LogP contribution in [0.15, 0.2) is 4.99 Å². The summed E-state index contributed by atoms with van der Waals surface area (Å²) in [5, 5.41) is 42.0. The number of nitrogens with zero attached hydrogens (tertiary/aromatic N) is 4. The average molecular weight is 686 g/mol. The summed E-state index contributed by atoms with van der Waals surface area (Å²) in [4.78, 5) is 114. The summed E-state index contributed by atoms with van der Waals surface area (Å²) >= 11 is 0. The monoisotopic (exact) mass is 685 g/mol. The van der Waals surface area contributed by atoms with Crippen molar-refractivity contribution in [1.29, 1.82) is 0 Å². The van der Waals surface area contributed by atoms with Crippen molar-refractivity contribution in [2.24, 2.45) is 4.99 Å². The van der Waals surface area contributed by atoms with Crippen LogP contribution in [0, 0.1) is 0 Å². The predicted molar refractivity (Wildman–Crippen MR) is 161 cm³/mol.